The van der Waals surface area contributed by atoms with Crippen LogP contribution in [-0.4, -0.2) is 51.4 Å². The minimum Gasteiger partial charge on any atom is -0.461 e. The highest BCUT2D eigenvalue weighted by Gasteiger charge is 2.23. The summed E-state index contributed by atoms with van der Waals surface area (Å²) in [5.74, 6) is -0.207. The lowest BCUT2D eigenvalue weighted by molar-refractivity contribution is 0.0519. The van der Waals surface area contributed by atoms with Gasteiger partial charge in [-0.05, 0) is 40.2 Å². The molecule has 1 aromatic heterocycles. The van der Waals surface area contributed by atoms with Crippen LogP contribution in [0.25, 0.3) is 0 Å². The van der Waals surface area contributed by atoms with Crippen molar-refractivity contribution in [3.63, 3.8) is 0 Å². The Kier molecular flexibility index (Phi) is 7.78. The van der Waals surface area contributed by atoms with Crippen LogP contribution in [0.5, 0.6) is 0 Å². The van der Waals surface area contributed by atoms with Crippen molar-refractivity contribution in [3.05, 3.63) is 22.5 Å². The van der Waals surface area contributed by atoms with Gasteiger partial charge in [-0.1, -0.05) is 24.0 Å². The fraction of sp³-hybridized carbons (Fsp3) is 0.562. The number of carbonyl (C=O) groups excluding carboxylic acids is 2. The molecule has 0 saturated heterocycles. The predicted molar refractivity (Wildman–Crippen MR) is 98.5 cm³/mol. The van der Waals surface area contributed by atoms with Gasteiger partial charge in [0.1, 0.15) is 10.0 Å². The van der Waals surface area contributed by atoms with Crippen LogP contribution < -0.4 is 0 Å². The Labute approximate surface area is 147 Å². The molecule has 7 heteroatoms. The fourth-order valence-electron chi connectivity index (χ4n) is 2.35. The van der Waals surface area contributed by atoms with Crippen LogP contribution in [-0.2, 0) is 4.74 Å². The van der Waals surface area contributed by atoms with E-state index in [0.717, 1.165) is 17.4 Å². The number of Topliss-reactive ketones (excluding diaryl/α,β-unsaturated/α-hetero) is 1. The second kappa shape index (κ2) is 9.08. The van der Waals surface area contributed by atoms with Gasteiger partial charge in [0.15, 0.2) is 5.78 Å². The zero-order valence-corrected chi connectivity index (χ0v) is 15.9. The standard InChI is InChI=1S/C16H24N2O3S2/c1-6-18(7-2)16(22)23-9-12(19)13-10(4)14(17-11(13)5)15(20)21-8-3/h17H,6-9H2,1-5H3. The molecule has 0 spiro atoms. The number of nitrogens with zero attached hydrogens (tertiary/aromatic N) is 1. The van der Waals surface area contributed by atoms with Crippen LogP contribution in [0.1, 0.15) is 52.9 Å². The molecule has 0 saturated carbocycles. The number of thioether (sulfide) groups is 1. The maximum atomic E-state index is 12.5. The molecule has 0 aliphatic heterocycles. The van der Waals surface area contributed by atoms with E-state index < -0.39 is 5.97 Å². The summed E-state index contributed by atoms with van der Waals surface area (Å²) in [5.41, 5.74) is 2.23. The Morgan fingerprint density at radius 1 is 1.22 bits per heavy atom. The number of aromatic amines is 1. The number of thiocarbonyl (C=S) groups is 1. The summed E-state index contributed by atoms with van der Waals surface area (Å²) in [6.07, 6.45) is 0. The van der Waals surface area contributed by atoms with Crippen LogP contribution in [0.4, 0.5) is 0 Å². The van der Waals surface area contributed by atoms with Crippen LogP contribution >= 0.6 is 24.0 Å². The molecule has 23 heavy (non-hydrogen) atoms. The molecule has 0 fully saturated rings. The molecule has 1 aromatic rings. The van der Waals surface area contributed by atoms with Gasteiger partial charge in [-0.15, -0.1) is 0 Å². The number of nitrogens with one attached hydrogen (secondary N) is 1. The summed E-state index contributed by atoms with van der Waals surface area (Å²) in [6, 6.07) is 0. The lowest BCUT2D eigenvalue weighted by atomic mass is 10.1. The lowest BCUT2D eigenvalue weighted by Crippen LogP contribution is -2.27. The third-order valence-corrected chi connectivity index (χ3v) is 5.07. The van der Waals surface area contributed by atoms with Crippen molar-refractivity contribution < 1.29 is 14.3 Å². The van der Waals surface area contributed by atoms with Crippen molar-refractivity contribution in [2.24, 2.45) is 0 Å². The molecule has 0 bridgehead atoms. The third kappa shape index (κ3) is 4.81. The summed E-state index contributed by atoms with van der Waals surface area (Å²) in [7, 11) is 0. The van der Waals surface area contributed by atoms with Crippen LogP contribution in [0, 0.1) is 13.8 Å². The molecule has 1 heterocycles. The van der Waals surface area contributed by atoms with Gasteiger partial charge < -0.3 is 14.6 Å². The number of H-pyrrole nitrogens is 1. The number of rotatable bonds is 7. The molecular weight excluding hydrogens is 332 g/mol. The zero-order valence-electron chi connectivity index (χ0n) is 14.3. The van der Waals surface area contributed by atoms with Crippen molar-refractivity contribution >= 4 is 40.1 Å². The molecule has 0 aromatic carbocycles. The average molecular weight is 357 g/mol. The second-order valence-corrected chi connectivity index (χ2v) is 6.60. The highest BCUT2D eigenvalue weighted by atomic mass is 32.2. The Hall–Kier alpha value is -1.34. The summed E-state index contributed by atoms with van der Waals surface area (Å²) < 4.78 is 5.72. The van der Waals surface area contributed by atoms with E-state index in [1.165, 1.54) is 11.8 Å². The fourth-order valence-corrected chi connectivity index (χ4v) is 3.62. The van der Waals surface area contributed by atoms with Crippen molar-refractivity contribution in [1.82, 2.24) is 9.88 Å². The first-order valence-electron chi connectivity index (χ1n) is 7.68. The number of esters is 1. The first kappa shape index (κ1) is 19.7. The monoisotopic (exact) mass is 356 g/mol. The van der Waals surface area contributed by atoms with E-state index >= 15 is 0 Å². The number of ether oxygens (including phenoxy) is 1. The van der Waals surface area contributed by atoms with E-state index in [0.29, 0.717) is 29.1 Å². The molecule has 0 amide bonds. The Bertz CT molecular complexity index is 592. The van der Waals surface area contributed by atoms with Gasteiger partial charge in [0.2, 0.25) is 0 Å². The van der Waals surface area contributed by atoms with E-state index in [9.17, 15) is 9.59 Å². The van der Waals surface area contributed by atoms with Crippen LogP contribution in [0.2, 0.25) is 0 Å². The first-order chi connectivity index (χ1) is 10.9. The largest absolute Gasteiger partial charge is 0.461 e. The van der Waals surface area contributed by atoms with Crippen LogP contribution in [0.15, 0.2) is 0 Å². The van der Waals surface area contributed by atoms with Crippen LogP contribution in [0.3, 0.4) is 0 Å². The average Bonchev–Trinajstić information content (AvgIpc) is 2.81. The van der Waals surface area contributed by atoms with Gasteiger partial charge in [0, 0.05) is 24.3 Å². The molecule has 5 nitrogen and oxygen atoms in total. The van der Waals surface area contributed by atoms with E-state index in [-0.39, 0.29) is 11.5 Å². The van der Waals surface area contributed by atoms with Crippen molar-refractivity contribution in [2.45, 2.75) is 34.6 Å². The van der Waals surface area contributed by atoms with Gasteiger partial charge in [-0.2, -0.15) is 0 Å². The number of carbonyl (C=O) groups is 2. The normalized spacial score (nSPS) is 10.5. The van der Waals surface area contributed by atoms with E-state index in [2.05, 4.69) is 4.98 Å². The molecule has 0 aliphatic rings. The second-order valence-electron chi connectivity index (χ2n) is 5.00. The Morgan fingerprint density at radius 2 is 1.83 bits per heavy atom. The molecule has 0 radical (unpaired) electrons. The number of aromatic nitrogens is 1. The highest BCUT2D eigenvalue weighted by molar-refractivity contribution is 8.23. The Morgan fingerprint density at radius 3 is 2.35 bits per heavy atom. The van der Waals surface area contributed by atoms with Crippen molar-refractivity contribution in [3.8, 4) is 0 Å². The first-order valence-corrected chi connectivity index (χ1v) is 9.07. The van der Waals surface area contributed by atoms with Gasteiger partial charge in [0.05, 0.1) is 12.4 Å². The molecule has 128 valence electrons. The number of aryl methyl sites for hydroxylation is 1. The summed E-state index contributed by atoms with van der Waals surface area (Å²) in [6.45, 7) is 11.3. The number of hydrogen-bond acceptors (Lipinski definition) is 5. The van der Waals surface area contributed by atoms with E-state index in [1.807, 2.05) is 18.7 Å². The smallest absolute Gasteiger partial charge is 0.355 e. The van der Waals surface area contributed by atoms with E-state index in [1.54, 1.807) is 20.8 Å². The maximum absolute atomic E-state index is 12.5. The summed E-state index contributed by atoms with van der Waals surface area (Å²) in [4.78, 5) is 29.4. The van der Waals surface area contributed by atoms with Gasteiger partial charge in [-0.25, -0.2) is 4.79 Å². The quantitative estimate of drug-likeness (QED) is 0.459. The predicted octanol–water partition coefficient (Wildman–Crippen LogP) is 3.35. The lowest BCUT2D eigenvalue weighted by Gasteiger charge is -2.20. The molecule has 1 rings (SSSR count). The topological polar surface area (TPSA) is 62.4 Å². The summed E-state index contributed by atoms with van der Waals surface area (Å²) >= 11 is 6.70. The minimum atomic E-state index is -0.432. The number of ketones is 1. The maximum Gasteiger partial charge on any atom is 0.355 e. The molecule has 0 unspecified atom stereocenters. The summed E-state index contributed by atoms with van der Waals surface area (Å²) in [5, 5.41) is 0. The van der Waals surface area contributed by atoms with E-state index in [4.69, 9.17) is 17.0 Å². The van der Waals surface area contributed by atoms with Gasteiger partial charge >= 0.3 is 5.97 Å². The van der Waals surface area contributed by atoms with Crippen molar-refractivity contribution in [2.75, 3.05) is 25.4 Å². The minimum absolute atomic E-state index is 0.0358. The Balaban J connectivity index is 2.85. The van der Waals surface area contributed by atoms with Gasteiger partial charge in [-0.3, -0.25) is 4.79 Å². The zero-order chi connectivity index (χ0) is 17.6. The SMILES string of the molecule is CCOC(=O)c1[nH]c(C)c(C(=O)CSC(=S)N(CC)CC)c1C. The molecule has 0 aliphatic carbocycles. The van der Waals surface area contributed by atoms with Crippen molar-refractivity contribution in [1.29, 1.82) is 0 Å². The molecule has 0 atom stereocenters. The highest BCUT2D eigenvalue weighted by Crippen LogP contribution is 2.21. The number of hydrogen-bond donors (Lipinski definition) is 1. The molecular formula is C16H24N2O3S2. The molecule has 1 N–H and O–H groups in total. The van der Waals surface area contributed by atoms with Gasteiger partial charge in [0.25, 0.3) is 0 Å². The third-order valence-electron chi connectivity index (χ3n) is 3.54.